The maximum atomic E-state index is 14.7. The Morgan fingerprint density at radius 2 is 1.81 bits per heavy atom. The van der Waals surface area contributed by atoms with Crippen molar-refractivity contribution in [2.45, 2.75) is 64.9 Å². The summed E-state index contributed by atoms with van der Waals surface area (Å²) >= 11 is 6.19. The van der Waals surface area contributed by atoms with Crippen molar-refractivity contribution >= 4 is 33.8 Å². The Labute approximate surface area is 217 Å². The van der Waals surface area contributed by atoms with Crippen LogP contribution in [0.2, 0.25) is 5.02 Å². The second-order valence-electron chi connectivity index (χ2n) is 10.4. The monoisotopic (exact) mass is 547 g/mol. The third kappa shape index (κ3) is 8.21. The third-order valence-electron chi connectivity index (χ3n) is 6.19. The molecule has 0 spiro atoms. The van der Waals surface area contributed by atoms with Crippen LogP contribution < -0.4 is 14.8 Å². The highest BCUT2D eigenvalue weighted by Gasteiger charge is 2.32. The average molecular weight is 548 g/mol. The van der Waals surface area contributed by atoms with Gasteiger partial charge >= 0.3 is 16.3 Å². The lowest BCUT2D eigenvalue weighted by Crippen LogP contribution is -2.49. The fourth-order valence-electron chi connectivity index (χ4n) is 4.39. The number of alkyl carbamates (subject to hydrolysis) is 1. The van der Waals surface area contributed by atoms with Gasteiger partial charge in [0.15, 0.2) is 0 Å². The lowest BCUT2D eigenvalue weighted by atomic mass is 10.00. The SMILES string of the molecule is CC(C)(C)OC(=O)NCC1CCCN(S(=O)(=O)NC(=O)c2cc(Cl)c(OCC3CCCC3)cc2F)C1. The summed E-state index contributed by atoms with van der Waals surface area (Å²) in [7, 11) is -4.24. The second kappa shape index (κ2) is 12.0. The van der Waals surface area contributed by atoms with Crippen LogP contribution in [0.25, 0.3) is 0 Å². The molecule has 36 heavy (non-hydrogen) atoms. The normalized spacial score (nSPS) is 19.6. The van der Waals surface area contributed by atoms with Gasteiger partial charge in [-0.2, -0.15) is 12.7 Å². The molecule has 2 fully saturated rings. The van der Waals surface area contributed by atoms with E-state index in [-0.39, 0.29) is 36.3 Å². The van der Waals surface area contributed by atoms with Crippen LogP contribution in [0.4, 0.5) is 9.18 Å². The van der Waals surface area contributed by atoms with Crippen LogP contribution >= 0.6 is 11.6 Å². The summed E-state index contributed by atoms with van der Waals surface area (Å²) in [6, 6.07) is 2.09. The summed E-state index contributed by atoms with van der Waals surface area (Å²) in [6.45, 7) is 6.17. The number of nitrogens with one attached hydrogen (secondary N) is 2. The molecular weight excluding hydrogens is 513 g/mol. The topological polar surface area (TPSA) is 114 Å². The first-order chi connectivity index (χ1) is 16.8. The highest BCUT2D eigenvalue weighted by Crippen LogP contribution is 2.31. The molecule has 1 unspecified atom stereocenters. The van der Waals surface area contributed by atoms with E-state index in [1.165, 1.54) is 0 Å². The molecule has 0 bridgehead atoms. The minimum absolute atomic E-state index is 0.0307. The third-order valence-corrected chi connectivity index (χ3v) is 7.94. The quantitative estimate of drug-likeness (QED) is 0.502. The summed E-state index contributed by atoms with van der Waals surface area (Å²) in [5.74, 6) is -1.69. The smallest absolute Gasteiger partial charge is 0.407 e. The Morgan fingerprint density at radius 1 is 1.14 bits per heavy atom. The van der Waals surface area contributed by atoms with Crippen LogP contribution in [0.3, 0.4) is 0 Å². The van der Waals surface area contributed by atoms with Gasteiger partial charge in [0.05, 0.1) is 17.2 Å². The molecule has 12 heteroatoms. The number of benzene rings is 1. The van der Waals surface area contributed by atoms with Crippen LogP contribution in [-0.4, -0.2) is 56.6 Å². The minimum Gasteiger partial charge on any atom is -0.492 e. The van der Waals surface area contributed by atoms with E-state index in [0.717, 1.165) is 42.1 Å². The summed E-state index contributed by atoms with van der Waals surface area (Å²) in [6.07, 6.45) is 5.04. The molecule has 3 rings (SSSR count). The molecule has 9 nitrogen and oxygen atoms in total. The lowest BCUT2D eigenvalue weighted by molar-refractivity contribution is 0.0513. The molecule has 0 aromatic heterocycles. The van der Waals surface area contributed by atoms with Crippen molar-refractivity contribution in [2.24, 2.45) is 11.8 Å². The van der Waals surface area contributed by atoms with E-state index in [0.29, 0.717) is 25.4 Å². The Bertz CT molecular complexity index is 1060. The van der Waals surface area contributed by atoms with Crippen LogP contribution in [0.1, 0.15) is 69.7 Å². The molecule has 1 aliphatic carbocycles. The number of rotatable bonds is 8. The van der Waals surface area contributed by atoms with Gasteiger partial charge < -0.3 is 14.8 Å². The molecule has 1 aromatic rings. The van der Waals surface area contributed by atoms with Gasteiger partial charge in [0.1, 0.15) is 17.2 Å². The van der Waals surface area contributed by atoms with Crippen molar-refractivity contribution < 1.29 is 31.9 Å². The van der Waals surface area contributed by atoms with Crippen molar-refractivity contribution in [1.29, 1.82) is 0 Å². The average Bonchev–Trinajstić information content (AvgIpc) is 3.30. The van der Waals surface area contributed by atoms with E-state index in [1.807, 2.05) is 4.72 Å². The van der Waals surface area contributed by atoms with Gasteiger partial charge in [0.25, 0.3) is 5.91 Å². The number of piperidine rings is 1. The Hall–Kier alpha value is -2.11. The van der Waals surface area contributed by atoms with E-state index in [4.69, 9.17) is 21.1 Å². The fourth-order valence-corrected chi connectivity index (χ4v) is 5.86. The predicted molar refractivity (Wildman–Crippen MR) is 134 cm³/mol. The van der Waals surface area contributed by atoms with E-state index < -0.39 is 39.2 Å². The molecule has 1 heterocycles. The number of hydrogen-bond donors (Lipinski definition) is 2. The van der Waals surface area contributed by atoms with Gasteiger partial charge in [-0.1, -0.05) is 24.4 Å². The van der Waals surface area contributed by atoms with Gasteiger partial charge in [0.2, 0.25) is 0 Å². The molecule has 2 amide bonds. The summed E-state index contributed by atoms with van der Waals surface area (Å²) in [5.41, 5.74) is -1.13. The van der Waals surface area contributed by atoms with Crippen molar-refractivity contribution in [3.8, 4) is 5.75 Å². The van der Waals surface area contributed by atoms with E-state index in [1.54, 1.807) is 20.8 Å². The molecule has 1 atom stereocenters. The fraction of sp³-hybridized carbons (Fsp3) is 0.667. The zero-order valence-electron chi connectivity index (χ0n) is 20.9. The first kappa shape index (κ1) is 28.5. The first-order valence-corrected chi connectivity index (χ1v) is 14.1. The molecule has 1 saturated carbocycles. The molecule has 202 valence electrons. The molecule has 1 aromatic carbocycles. The van der Waals surface area contributed by atoms with Gasteiger partial charge in [-0.15, -0.1) is 0 Å². The van der Waals surface area contributed by atoms with E-state index in [9.17, 15) is 22.4 Å². The van der Waals surface area contributed by atoms with Crippen molar-refractivity contribution in [2.75, 3.05) is 26.2 Å². The zero-order valence-corrected chi connectivity index (χ0v) is 22.5. The van der Waals surface area contributed by atoms with Crippen molar-refractivity contribution in [3.05, 3.63) is 28.5 Å². The van der Waals surface area contributed by atoms with Gasteiger partial charge in [-0.25, -0.2) is 13.9 Å². The maximum Gasteiger partial charge on any atom is 0.407 e. The molecule has 2 N–H and O–H groups in total. The van der Waals surface area contributed by atoms with Crippen molar-refractivity contribution in [1.82, 2.24) is 14.3 Å². The molecule has 0 radical (unpaired) electrons. The van der Waals surface area contributed by atoms with E-state index >= 15 is 0 Å². The Balaban J connectivity index is 1.58. The number of hydrogen-bond acceptors (Lipinski definition) is 6. The predicted octanol–water partition coefficient (Wildman–Crippen LogP) is 4.26. The number of amides is 2. The number of halogens is 2. The standard InChI is InChI=1S/C24H35ClFN3O6S/c1-24(2,3)35-23(31)27-13-17-9-6-10-29(14-17)36(32,33)28-22(30)18-11-19(25)21(12-20(18)26)34-15-16-7-4-5-8-16/h11-12,16-17H,4-10,13-15H2,1-3H3,(H,27,31)(H,28,30). The first-order valence-electron chi connectivity index (χ1n) is 12.2. The molecule has 1 saturated heterocycles. The Kier molecular flexibility index (Phi) is 9.45. The minimum atomic E-state index is -4.24. The molecule has 2 aliphatic rings. The summed E-state index contributed by atoms with van der Waals surface area (Å²) in [4.78, 5) is 24.5. The maximum absolute atomic E-state index is 14.7. The number of ether oxygens (including phenoxy) is 2. The summed E-state index contributed by atoms with van der Waals surface area (Å²) < 4.78 is 54.3. The highest BCUT2D eigenvalue weighted by atomic mass is 35.5. The van der Waals surface area contributed by atoms with E-state index in [2.05, 4.69) is 5.32 Å². The van der Waals surface area contributed by atoms with Crippen LogP contribution in [-0.2, 0) is 14.9 Å². The van der Waals surface area contributed by atoms with Gasteiger partial charge in [-0.05, 0) is 64.4 Å². The van der Waals surface area contributed by atoms with Crippen LogP contribution in [0.5, 0.6) is 5.75 Å². The largest absolute Gasteiger partial charge is 0.492 e. The number of nitrogens with zero attached hydrogens (tertiary/aromatic N) is 1. The summed E-state index contributed by atoms with van der Waals surface area (Å²) in [5, 5.41) is 2.68. The highest BCUT2D eigenvalue weighted by molar-refractivity contribution is 7.87. The zero-order chi connectivity index (χ0) is 26.5. The van der Waals surface area contributed by atoms with Crippen molar-refractivity contribution in [3.63, 3.8) is 0 Å². The van der Waals surface area contributed by atoms with Crippen LogP contribution in [0, 0.1) is 17.7 Å². The number of carbonyl (C=O) groups is 2. The Morgan fingerprint density at radius 3 is 2.47 bits per heavy atom. The van der Waals surface area contributed by atoms with Gasteiger partial charge in [0, 0.05) is 25.7 Å². The number of carbonyl (C=O) groups excluding carboxylic acids is 2. The molecule has 1 aliphatic heterocycles. The lowest BCUT2D eigenvalue weighted by Gasteiger charge is -2.32. The van der Waals surface area contributed by atoms with Gasteiger partial charge in [-0.3, -0.25) is 4.79 Å². The second-order valence-corrected chi connectivity index (χ2v) is 12.5. The molecular formula is C24H35ClFN3O6S. The van der Waals surface area contributed by atoms with Crippen LogP contribution in [0.15, 0.2) is 12.1 Å².